The van der Waals surface area contributed by atoms with Crippen LogP contribution < -0.4 is 0 Å². The molecular weight excluding hydrogens is 212 g/mol. The molecule has 2 aliphatic rings. The number of carbonyl (C=O) groups is 1. The first-order chi connectivity index (χ1) is 8.08. The molecule has 2 aliphatic heterocycles. The summed E-state index contributed by atoms with van der Waals surface area (Å²) in [6.45, 7) is 8.37. The molecule has 0 aromatic carbocycles. The van der Waals surface area contributed by atoms with E-state index < -0.39 is 0 Å². The van der Waals surface area contributed by atoms with Crippen LogP contribution in [-0.4, -0.2) is 42.0 Å². The first-order valence-electron chi connectivity index (χ1n) is 7.12. The lowest BCUT2D eigenvalue weighted by atomic mass is 9.84. The van der Waals surface area contributed by atoms with Crippen LogP contribution in [0, 0.1) is 5.41 Å². The van der Waals surface area contributed by atoms with Crippen LogP contribution in [0.3, 0.4) is 0 Å². The van der Waals surface area contributed by atoms with Crippen LogP contribution in [0.25, 0.3) is 0 Å². The van der Waals surface area contributed by atoms with Crippen molar-refractivity contribution >= 4 is 6.03 Å². The largest absolute Gasteiger partial charge is 0.325 e. The molecule has 0 spiro atoms. The molecule has 3 heteroatoms. The van der Waals surface area contributed by atoms with Gasteiger partial charge in [-0.05, 0) is 31.1 Å². The van der Waals surface area contributed by atoms with E-state index in [1.54, 1.807) is 0 Å². The highest BCUT2D eigenvalue weighted by Gasteiger charge is 2.31. The Labute approximate surface area is 105 Å². The summed E-state index contributed by atoms with van der Waals surface area (Å²) in [6, 6.07) is 0.291. The lowest BCUT2D eigenvalue weighted by Gasteiger charge is -2.40. The highest BCUT2D eigenvalue weighted by atomic mass is 16.2. The molecule has 0 saturated carbocycles. The highest BCUT2D eigenvalue weighted by molar-refractivity contribution is 5.74. The van der Waals surface area contributed by atoms with Crippen molar-refractivity contribution < 1.29 is 4.79 Å². The normalized spacial score (nSPS) is 25.5. The summed E-state index contributed by atoms with van der Waals surface area (Å²) in [4.78, 5) is 16.6. The van der Waals surface area contributed by atoms with Gasteiger partial charge in [-0.1, -0.05) is 26.7 Å². The minimum absolute atomic E-state index is 0.291. The molecule has 2 rings (SSSR count). The second-order valence-electron chi connectivity index (χ2n) is 6.37. The van der Waals surface area contributed by atoms with Crippen molar-refractivity contribution in [1.82, 2.24) is 9.80 Å². The minimum Gasteiger partial charge on any atom is -0.325 e. The van der Waals surface area contributed by atoms with Crippen molar-refractivity contribution in [3.05, 3.63) is 0 Å². The Morgan fingerprint density at radius 3 is 2.06 bits per heavy atom. The van der Waals surface area contributed by atoms with E-state index in [0.717, 1.165) is 32.6 Å². The van der Waals surface area contributed by atoms with Gasteiger partial charge in [0.05, 0.1) is 0 Å². The Morgan fingerprint density at radius 1 is 0.882 bits per heavy atom. The third-order valence-corrected chi connectivity index (χ3v) is 4.05. The Balaban J connectivity index is 1.93. The fourth-order valence-electron chi connectivity index (χ4n) is 3.05. The highest BCUT2D eigenvalue weighted by Crippen LogP contribution is 2.29. The quantitative estimate of drug-likeness (QED) is 0.636. The minimum atomic E-state index is 0.291. The van der Waals surface area contributed by atoms with Crippen LogP contribution in [0.2, 0.25) is 0 Å². The van der Waals surface area contributed by atoms with Crippen LogP contribution >= 0.6 is 0 Å². The predicted molar refractivity (Wildman–Crippen MR) is 70.0 cm³/mol. The Kier molecular flexibility index (Phi) is 3.95. The van der Waals surface area contributed by atoms with Crippen molar-refractivity contribution in [3.63, 3.8) is 0 Å². The maximum absolute atomic E-state index is 12.4. The van der Waals surface area contributed by atoms with Gasteiger partial charge in [-0.15, -0.1) is 0 Å². The number of carbonyl (C=O) groups excluding carboxylic acids is 1. The van der Waals surface area contributed by atoms with Gasteiger partial charge in [-0.2, -0.15) is 0 Å². The number of hydrogen-bond donors (Lipinski definition) is 0. The molecule has 0 aromatic heterocycles. The number of urea groups is 1. The third kappa shape index (κ3) is 3.36. The van der Waals surface area contributed by atoms with Crippen molar-refractivity contribution in [3.8, 4) is 0 Å². The first kappa shape index (κ1) is 12.7. The van der Waals surface area contributed by atoms with Crippen molar-refractivity contribution in [2.24, 2.45) is 5.41 Å². The van der Waals surface area contributed by atoms with Crippen LogP contribution in [-0.2, 0) is 0 Å². The van der Waals surface area contributed by atoms with Crippen LogP contribution in [0.1, 0.15) is 52.4 Å². The number of likely N-dealkylation sites (tertiary alicyclic amines) is 2. The SMILES string of the molecule is CC1(C)CCCN(C(=O)N2CCCCCC2)C1. The number of hydrogen-bond acceptors (Lipinski definition) is 1. The number of rotatable bonds is 0. The van der Waals surface area contributed by atoms with Gasteiger partial charge in [0.15, 0.2) is 0 Å². The summed E-state index contributed by atoms with van der Waals surface area (Å²) in [7, 11) is 0. The maximum Gasteiger partial charge on any atom is 0.320 e. The molecule has 0 radical (unpaired) electrons. The van der Waals surface area contributed by atoms with E-state index in [1.807, 2.05) is 0 Å². The zero-order valence-electron chi connectivity index (χ0n) is 11.4. The van der Waals surface area contributed by atoms with Crippen molar-refractivity contribution in [2.45, 2.75) is 52.4 Å². The van der Waals surface area contributed by atoms with Gasteiger partial charge in [-0.25, -0.2) is 4.79 Å². The molecule has 2 heterocycles. The third-order valence-electron chi connectivity index (χ3n) is 4.05. The average molecular weight is 238 g/mol. The van der Waals surface area contributed by atoms with E-state index in [9.17, 15) is 4.79 Å². The molecule has 0 unspecified atom stereocenters. The molecule has 2 amide bonds. The summed E-state index contributed by atoms with van der Waals surface area (Å²) >= 11 is 0. The Morgan fingerprint density at radius 2 is 1.47 bits per heavy atom. The summed E-state index contributed by atoms with van der Waals surface area (Å²) in [5, 5.41) is 0. The summed E-state index contributed by atoms with van der Waals surface area (Å²) in [5.74, 6) is 0. The van der Waals surface area contributed by atoms with Crippen molar-refractivity contribution in [2.75, 3.05) is 26.2 Å². The van der Waals surface area contributed by atoms with Crippen LogP contribution in [0.5, 0.6) is 0 Å². The van der Waals surface area contributed by atoms with E-state index in [4.69, 9.17) is 0 Å². The second-order valence-corrected chi connectivity index (χ2v) is 6.37. The van der Waals surface area contributed by atoms with E-state index in [-0.39, 0.29) is 0 Å². The predicted octanol–water partition coefficient (Wildman–Crippen LogP) is 3.10. The molecule has 0 atom stereocenters. The fraction of sp³-hybridized carbons (Fsp3) is 0.929. The number of piperidine rings is 1. The molecule has 0 aliphatic carbocycles. The van der Waals surface area contributed by atoms with Gasteiger partial charge in [0.2, 0.25) is 0 Å². The molecule has 98 valence electrons. The summed E-state index contributed by atoms with van der Waals surface area (Å²) < 4.78 is 0. The van der Waals surface area contributed by atoms with Gasteiger partial charge < -0.3 is 9.80 Å². The maximum atomic E-state index is 12.4. The lowest BCUT2D eigenvalue weighted by Crippen LogP contribution is -2.49. The molecule has 2 fully saturated rings. The van der Waals surface area contributed by atoms with Gasteiger partial charge in [0.25, 0.3) is 0 Å². The zero-order chi connectivity index (χ0) is 12.3. The summed E-state index contributed by atoms with van der Waals surface area (Å²) in [6.07, 6.45) is 7.35. The molecule has 2 saturated heterocycles. The topological polar surface area (TPSA) is 23.6 Å². The van der Waals surface area contributed by atoms with E-state index in [1.165, 1.54) is 32.1 Å². The smallest absolute Gasteiger partial charge is 0.320 e. The first-order valence-corrected chi connectivity index (χ1v) is 7.12. The van der Waals surface area contributed by atoms with Gasteiger partial charge >= 0.3 is 6.03 Å². The molecule has 17 heavy (non-hydrogen) atoms. The number of amides is 2. The van der Waals surface area contributed by atoms with Crippen molar-refractivity contribution in [1.29, 1.82) is 0 Å². The van der Waals surface area contributed by atoms with E-state index >= 15 is 0 Å². The van der Waals surface area contributed by atoms with E-state index in [2.05, 4.69) is 23.6 Å². The molecule has 0 N–H and O–H groups in total. The summed E-state index contributed by atoms with van der Waals surface area (Å²) in [5.41, 5.74) is 0.305. The lowest BCUT2D eigenvalue weighted by molar-refractivity contribution is 0.103. The zero-order valence-corrected chi connectivity index (χ0v) is 11.4. The number of nitrogens with zero attached hydrogens (tertiary/aromatic N) is 2. The van der Waals surface area contributed by atoms with Gasteiger partial charge in [-0.3, -0.25) is 0 Å². The van der Waals surface area contributed by atoms with E-state index in [0.29, 0.717) is 11.4 Å². The monoisotopic (exact) mass is 238 g/mol. The van der Waals surface area contributed by atoms with Gasteiger partial charge in [0, 0.05) is 26.2 Å². The van der Waals surface area contributed by atoms with Crippen LogP contribution in [0.15, 0.2) is 0 Å². The standard InChI is InChI=1S/C14H26N2O/c1-14(2)8-7-11-16(12-14)13(17)15-9-5-3-4-6-10-15/h3-12H2,1-2H3. The Bertz CT molecular complexity index is 267. The molecular formula is C14H26N2O. The Hall–Kier alpha value is -0.730. The average Bonchev–Trinajstić information content (AvgIpc) is 2.55. The molecule has 0 aromatic rings. The molecule has 3 nitrogen and oxygen atoms in total. The van der Waals surface area contributed by atoms with Gasteiger partial charge in [0.1, 0.15) is 0 Å². The van der Waals surface area contributed by atoms with Crippen LogP contribution in [0.4, 0.5) is 4.79 Å². The fourth-order valence-corrected chi connectivity index (χ4v) is 3.05. The second kappa shape index (κ2) is 5.28. The molecule has 0 bridgehead atoms.